The number of amides is 1. The summed E-state index contributed by atoms with van der Waals surface area (Å²) in [7, 11) is 3.47. The Labute approximate surface area is 202 Å². The normalized spacial score (nSPS) is 11.8. The van der Waals surface area contributed by atoms with Crippen molar-refractivity contribution in [3.63, 3.8) is 0 Å². The summed E-state index contributed by atoms with van der Waals surface area (Å²) in [6, 6.07) is 22.7. The number of ether oxygens (including phenoxy) is 1. The zero-order valence-electron chi connectivity index (χ0n) is 18.4. The van der Waals surface area contributed by atoms with Gasteiger partial charge in [0.05, 0.1) is 12.8 Å². The predicted molar refractivity (Wildman–Crippen MR) is 133 cm³/mol. The Kier molecular flexibility index (Phi) is 7.01. The molecule has 1 amide bonds. The Bertz CT molecular complexity index is 1260. The molecule has 4 rings (SSSR count). The second-order valence-corrected chi connectivity index (χ2v) is 8.98. The maximum absolute atomic E-state index is 13.5. The van der Waals surface area contributed by atoms with Gasteiger partial charge in [0.2, 0.25) is 5.91 Å². The molecule has 33 heavy (non-hydrogen) atoms. The van der Waals surface area contributed by atoms with Crippen molar-refractivity contribution in [1.82, 2.24) is 14.8 Å². The van der Waals surface area contributed by atoms with Crippen molar-refractivity contribution < 1.29 is 9.53 Å². The van der Waals surface area contributed by atoms with Crippen LogP contribution in [0.5, 0.6) is 5.75 Å². The first kappa shape index (κ1) is 22.9. The van der Waals surface area contributed by atoms with E-state index in [2.05, 4.69) is 15.5 Å². The number of aryl methyl sites for hydroxylation is 1. The van der Waals surface area contributed by atoms with E-state index in [1.165, 1.54) is 11.8 Å². The third-order valence-electron chi connectivity index (χ3n) is 5.11. The number of thioether (sulfide) groups is 1. The van der Waals surface area contributed by atoms with E-state index in [1.807, 2.05) is 91.3 Å². The van der Waals surface area contributed by atoms with Crippen molar-refractivity contribution in [1.29, 1.82) is 0 Å². The second-order valence-electron chi connectivity index (χ2n) is 7.47. The van der Waals surface area contributed by atoms with Crippen LogP contribution in [-0.4, -0.2) is 27.8 Å². The molecule has 0 bridgehead atoms. The molecule has 4 aromatic rings. The Balaban J connectivity index is 1.65. The van der Waals surface area contributed by atoms with E-state index < -0.39 is 5.25 Å². The molecule has 0 saturated heterocycles. The summed E-state index contributed by atoms with van der Waals surface area (Å²) in [5.74, 6) is 1.13. The molecule has 1 atom stereocenters. The summed E-state index contributed by atoms with van der Waals surface area (Å²) in [4.78, 5) is 13.5. The maximum Gasteiger partial charge on any atom is 0.242 e. The van der Waals surface area contributed by atoms with Gasteiger partial charge in [-0.2, -0.15) is 0 Å². The smallest absolute Gasteiger partial charge is 0.242 e. The summed E-state index contributed by atoms with van der Waals surface area (Å²) in [6.07, 6.45) is 0. The van der Waals surface area contributed by atoms with Crippen molar-refractivity contribution in [2.24, 2.45) is 7.05 Å². The van der Waals surface area contributed by atoms with E-state index in [-0.39, 0.29) is 5.91 Å². The fourth-order valence-electron chi connectivity index (χ4n) is 3.39. The highest BCUT2D eigenvalue weighted by molar-refractivity contribution is 8.00. The van der Waals surface area contributed by atoms with Gasteiger partial charge in [-0.1, -0.05) is 59.8 Å². The van der Waals surface area contributed by atoms with Crippen LogP contribution in [-0.2, 0) is 11.8 Å². The van der Waals surface area contributed by atoms with Gasteiger partial charge in [0.15, 0.2) is 11.0 Å². The zero-order chi connectivity index (χ0) is 23.4. The number of anilines is 1. The Hall–Kier alpha value is -3.29. The molecule has 0 aliphatic carbocycles. The molecule has 0 aliphatic rings. The lowest BCUT2D eigenvalue weighted by atomic mass is 10.1. The first-order chi connectivity index (χ1) is 16.0. The average molecular weight is 479 g/mol. The lowest BCUT2D eigenvalue weighted by Gasteiger charge is -2.18. The third kappa shape index (κ3) is 5.21. The molecule has 1 N–H and O–H groups in total. The van der Waals surface area contributed by atoms with Crippen LogP contribution in [0, 0.1) is 6.92 Å². The number of nitrogens with one attached hydrogen (secondary N) is 1. The summed E-state index contributed by atoms with van der Waals surface area (Å²) < 4.78 is 7.31. The summed E-state index contributed by atoms with van der Waals surface area (Å²) in [5.41, 5.74) is 3.41. The maximum atomic E-state index is 13.5. The SMILES string of the molecule is COc1ccc(C)cc1NC(=O)C(Sc1nnc(-c2ccc(Cl)cc2)n1C)c1ccccc1. The van der Waals surface area contributed by atoms with Gasteiger partial charge in [0, 0.05) is 17.6 Å². The van der Waals surface area contributed by atoms with E-state index in [0.717, 1.165) is 16.7 Å². The standard InChI is InChI=1S/C25H23ClN4O2S/c1-16-9-14-21(32-3)20(15-16)27-24(31)22(17-7-5-4-6-8-17)33-25-29-28-23(30(25)2)18-10-12-19(26)13-11-18/h4-15,22H,1-3H3,(H,27,31). The Morgan fingerprint density at radius 1 is 1.06 bits per heavy atom. The van der Waals surface area contributed by atoms with Crippen LogP contribution < -0.4 is 10.1 Å². The minimum atomic E-state index is -0.544. The number of aromatic nitrogens is 3. The van der Waals surface area contributed by atoms with E-state index >= 15 is 0 Å². The van der Waals surface area contributed by atoms with Crippen molar-refractivity contribution >= 4 is 35.0 Å². The molecule has 168 valence electrons. The molecule has 1 aromatic heterocycles. The monoisotopic (exact) mass is 478 g/mol. The molecule has 6 nitrogen and oxygen atoms in total. The van der Waals surface area contributed by atoms with Gasteiger partial charge in [0.1, 0.15) is 11.0 Å². The van der Waals surface area contributed by atoms with Crippen molar-refractivity contribution in [2.75, 3.05) is 12.4 Å². The molecule has 0 fully saturated rings. The van der Waals surface area contributed by atoms with Crippen LogP contribution in [0.2, 0.25) is 5.02 Å². The van der Waals surface area contributed by atoms with Crippen molar-refractivity contribution in [3.8, 4) is 17.1 Å². The van der Waals surface area contributed by atoms with E-state index in [4.69, 9.17) is 16.3 Å². The van der Waals surface area contributed by atoms with Crippen LogP contribution in [0.4, 0.5) is 5.69 Å². The first-order valence-electron chi connectivity index (χ1n) is 10.3. The van der Waals surface area contributed by atoms with Gasteiger partial charge in [0.25, 0.3) is 0 Å². The molecular formula is C25H23ClN4O2S. The minimum Gasteiger partial charge on any atom is -0.495 e. The number of methoxy groups -OCH3 is 1. The highest BCUT2D eigenvalue weighted by Gasteiger charge is 2.26. The van der Waals surface area contributed by atoms with Crippen LogP contribution in [0.25, 0.3) is 11.4 Å². The van der Waals surface area contributed by atoms with E-state index in [9.17, 15) is 4.79 Å². The molecule has 8 heteroatoms. The van der Waals surface area contributed by atoms with Crippen LogP contribution in [0.15, 0.2) is 78.0 Å². The molecular weight excluding hydrogens is 456 g/mol. The van der Waals surface area contributed by atoms with Gasteiger partial charge in [-0.3, -0.25) is 4.79 Å². The number of hydrogen-bond acceptors (Lipinski definition) is 5. The quantitative estimate of drug-likeness (QED) is 0.334. The molecule has 0 spiro atoms. The fourth-order valence-corrected chi connectivity index (χ4v) is 4.52. The molecule has 0 radical (unpaired) electrons. The van der Waals surface area contributed by atoms with E-state index in [1.54, 1.807) is 7.11 Å². The van der Waals surface area contributed by atoms with Gasteiger partial charge in [-0.15, -0.1) is 10.2 Å². The third-order valence-corrected chi connectivity index (χ3v) is 6.65. The van der Waals surface area contributed by atoms with Gasteiger partial charge >= 0.3 is 0 Å². The number of rotatable bonds is 7. The highest BCUT2D eigenvalue weighted by Crippen LogP contribution is 2.37. The van der Waals surface area contributed by atoms with E-state index in [0.29, 0.717) is 27.4 Å². The van der Waals surface area contributed by atoms with Gasteiger partial charge in [-0.05, 0) is 54.4 Å². The van der Waals surface area contributed by atoms with Crippen molar-refractivity contribution in [2.45, 2.75) is 17.3 Å². The Morgan fingerprint density at radius 3 is 2.48 bits per heavy atom. The lowest BCUT2D eigenvalue weighted by Crippen LogP contribution is -2.20. The highest BCUT2D eigenvalue weighted by atomic mass is 35.5. The average Bonchev–Trinajstić information content (AvgIpc) is 3.18. The second kappa shape index (κ2) is 10.1. The number of carbonyl (C=O) groups excluding carboxylic acids is 1. The van der Waals surface area contributed by atoms with Crippen LogP contribution >= 0.6 is 23.4 Å². The fraction of sp³-hybridized carbons (Fsp3) is 0.160. The number of benzene rings is 3. The van der Waals surface area contributed by atoms with Crippen molar-refractivity contribution in [3.05, 3.63) is 88.9 Å². The first-order valence-corrected chi connectivity index (χ1v) is 11.5. The molecule has 1 unspecified atom stereocenters. The number of carbonyl (C=O) groups is 1. The molecule has 3 aromatic carbocycles. The molecule has 0 aliphatic heterocycles. The molecule has 1 heterocycles. The number of halogens is 1. The lowest BCUT2D eigenvalue weighted by molar-refractivity contribution is -0.115. The van der Waals surface area contributed by atoms with Gasteiger partial charge < -0.3 is 14.6 Å². The topological polar surface area (TPSA) is 69.0 Å². The summed E-state index contributed by atoms with van der Waals surface area (Å²) >= 11 is 7.36. The largest absolute Gasteiger partial charge is 0.495 e. The minimum absolute atomic E-state index is 0.175. The summed E-state index contributed by atoms with van der Waals surface area (Å²) in [5, 5.41) is 12.5. The zero-order valence-corrected chi connectivity index (χ0v) is 20.0. The van der Waals surface area contributed by atoms with Crippen LogP contribution in [0.3, 0.4) is 0 Å². The predicted octanol–water partition coefficient (Wildman–Crippen LogP) is 5.92. The van der Waals surface area contributed by atoms with Crippen LogP contribution in [0.1, 0.15) is 16.4 Å². The summed E-state index contributed by atoms with van der Waals surface area (Å²) in [6.45, 7) is 1.97. The Morgan fingerprint density at radius 2 is 1.79 bits per heavy atom. The van der Waals surface area contributed by atoms with Gasteiger partial charge in [-0.25, -0.2) is 0 Å². The molecule has 0 saturated carbocycles. The number of nitrogens with zero attached hydrogens (tertiary/aromatic N) is 3. The number of hydrogen-bond donors (Lipinski definition) is 1.